The van der Waals surface area contributed by atoms with E-state index in [1.54, 1.807) is 0 Å². The molecule has 0 N–H and O–H groups in total. The van der Waals surface area contributed by atoms with Gasteiger partial charge in [0, 0.05) is 58.7 Å². The Morgan fingerprint density at radius 1 is 0.532 bits per heavy atom. The van der Waals surface area contributed by atoms with Gasteiger partial charge in [-0.1, -0.05) is 123 Å². The van der Waals surface area contributed by atoms with E-state index in [0.717, 1.165) is 44.6 Å². The van der Waals surface area contributed by atoms with Crippen molar-refractivity contribution in [2.45, 2.75) is 78.6 Å². The van der Waals surface area contributed by atoms with Crippen LogP contribution in [0.25, 0.3) is 91.7 Å². The zero-order chi connectivity index (χ0) is 42.4. The second-order valence-electron chi connectivity index (χ2n) is 20.9. The minimum absolute atomic E-state index is 0.0150. The van der Waals surface area contributed by atoms with Crippen molar-refractivity contribution in [2.24, 2.45) is 0 Å². The number of aromatic nitrogens is 1. The fourth-order valence-corrected chi connectivity index (χ4v) is 11.9. The summed E-state index contributed by atoms with van der Waals surface area (Å²) < 4.78 is 19.8. The highest BCUT2D eigenvalue weighted by atomic mass is 32.1. The summed E-state index contributed by atoms with van der Waals surface area (Å²) >= 11 is 1.88. The molecule has 302 valence electrons. The molecule has 0 bridgehead atoms. The topological polar surface area (TPSA) is 34.5 Å². The lowest BCUT2D eigenvalue weighted by Gasteiger charge is -2.40. The zero-order valence-electron chi connectivity index (χ0n) is 36.7. The van der Waals surface area contributed by atoms with Crippen molar-refractivity contribution in [1.82, 2.24) is 4.57 Å². The molecule has 0 fully saturated rings. The number of anilines is 2. The zero-order valence-corrected chi connectivity index (χ0v) is 37.6. The Bertz CT molecular complexity index is 3760. The Balaban J connectivity index is 1.29. The number of rotatable bonds is 1. The number of furan rings is 2. The maximum atomic E-state index is 7.42. The van der Waals surface area contributed by atoms with E-state index in [0.29, 0.717) is 0 Å². The molecule has 62 heavy (non-hydrogen) atoms. The Kier molecular flexibility index (Phi) is 6.94. The number of hydrogen-bond acceptors (Lipinski definition) is 4. The summed E-state index contributed by atoms with van der Waals surface area (Å²) in [5.41, 5.74) is 17.1. The van der Waals surface area contributed by atoms with Crippen LogP contribution in [0.15, 0.2) is 130 Å². The normalized spacial score (nSPS) is 14.1. The third kappa shape index (κ3) is 4.74. The molecule has 13 rings (SSSR count). The molecule has 0 atom stereocenters. The Hall–Kier alpha value is -6.24. The number of para-hydroxylation sites is 1. The standard InChI is InChI=1S/C56H47BN2O2S/c1-54(2,3)30-18-22-33(23-19-30)59-41-28-36-34-14-11-13-17-44(34)62-45(36)29-38(41)46-47-35-15-10-12-16-42(35)60-52(47)48-37-26-31(55(4,5)6)20-24-40(37)58-50-39-27-32(56(7,8)9)21-25-43(39)61-53(50)57(59)49(46)51(48)58/h10-29H,1-9H3. The van der Waals surface area contributed by atoms with Crippen LogP contribution in [0.4, 0.5) is 11.4 Å². The van der Waals surface area contributed by atoms with Gasteiger partial charge in [0.05, 0.1) is 22.1 Å². The fourth-order valence-electron chi connectivity index (χ4n) is 10.8. The number of fused-ring (bicyclic) bond motifs is 18. The maximum absolute atomic E-state index is 7.42. The first kappa shape index (κ1) is 36.4. The van der Waals surface area contributed by atoms with E-state index >= 15 is 0 Å². The van der Waals surface area contributed by atoms with Crippen LogP contribution in [0, 0.1) is 0 Å². The SMILES string of the molecule is CC(C)(C)c1ccc(N2B3c4oc5ccc(C(C)(C)C)cc5c4-n4c5ccc(C(C)(C)C)cc5c5c6oc7ccccc7c6c(c3c54)-c3cc4sc5ccccc5c4cc32)cc1. The molecule has 0 amide bonds. The second kappa shape index (κ2) is 11.8. The second-order valence-corrected chi connectivity index (χ2v) is 22.0. The Morgan fingerprint density at radius 2 is 1.18 bits per heavy atom. The molecule has 6 heteroatoms. The Labute approximate surface area is 365 Å². The lowest BCUT2D eigenvalue weighted by atomic mass is 9.46. The molecule has 2 aliphatic heterocycles. The number of thiophene rings is 1. The van der Waals surface area contributed by atoms with Gasteiger partial charge >= 0.3 is 6.85 Å². The summed E-state index contributed by atoms with van der Waals surface area (Å²) in [6.45, 7) is 20.4. The molecule has 11 aromatic rings. The quantitative estimate of drug-likeness (QED) is 0.155. The highest BCUT2D eigenvalue weighted by Crippen LogP contribution is 2.54. The molecule has 7 aromatic carbocycles. The van der Waals surface area contributed by atoms with Crippen LogP contribution >= 0.6 is 11.3 Å². The minimum Gasteiger partial charge on any atom is -0.466 e. The average molecular weight is 823 g/mol. The van der Waals surface area contributed by atoms with Gasteiger partial charge in [-0.2, -0.15) is 0 Å². The fraction of sp³-hybridized carbons (Fsp3) is 0.214. The van der Waals surface area contributed by atoms with E-state index in [4.69, 9.17) is 8.83 Å². The molecule has 0 saturated carbocycles. The van der Waals surface area contributed by atoms with Crippen LogP contribution in [-0.4, -0.2) is 11.4 Å². The summed E-state index contributed by atoms with van der Waals surface area (Å²) in [7, 11) is 0. The molecule has 0 saturated heterocycles. The summed E-state index contributed by atoms with van der Waals surface area (Å²) in [4.78, 5) is 2.61. The van der Waals surface area contributed by atoms with E-state index in [-0.39, 0.29) is 23.1 Å². The molecule has 6 heterocycles. The first-order valence-corrected chi connectivity index (χ1v) is 22.9. The van der Waals surface area contributed by atoms with Crippen molar-refractivity contribution in [3.05, 3.63) is 138 Å². The van der Waals surface area contributed by atoms with Gasteiger partial charge in [-0.25, -0.2) is 0 Å². The minimum atomic E-state index is -0.278. The molecule has 4 nitrogen and oxygen atoms in total. The molecule has 0 unspecified atom stereocenters. The van der Waals surface area contributed by atoms with Gasteiger partial charge < -0.3 is 18.2 Å². The largest absolute Gasteiger partial charge is 0.466 e. The van der Waals surface area contributed by atoms with Crippen LogP contribution in [0.1, 0.15) is 79.0 Å². The van der Waals surface area contributed by atoms with Crippen LogP contribution in [0.3, 0.4) is 0 Å². The van der Waals surface area contributed by atoms with Gasteiger partial charge in [0.25, 0.3) is 0 Å². The molecule has 0 radical (unpaired) electrons. The van der Waals surface area contributed by atoms with E-state index in [9.17, 15) is 0 Å². The predicted octanol–water partition coefficient (Wildman–Crippen LogP) is 14.9. The van der Waals surface area contributed by atoms with Gasteiger partial charge in [0.1, 0.15) is 22.4 Å². The smallest absolute Gasteiger partial charge is 0.376 e. The number of benzene rings is 7. The van der Waals surface area contributed by atoms with E-state index in [1.807, 2.05) is 11.3 Å². The van der Waals surface area contributed by atoms with Crippen LogP contribution < -0.4 is 15.9 Å². The lowest BCUT2D eigenvalue weighted by molar-refractivity contribution is 0.590. The van der Waals surface area contributed by atoms with Gasteiger partial charge in [-0.3, -0.25) is 0 Å². The molecule has 0 spiro atoms. The van der Waals surface area contributed by atoms with E-state index < -0.39 is 0 Å². The van der Waals surface area contributed by atoms with Crippen molar-refractivity contribution in [1.29, 1.82) is 0 Å². The molecular weight excluding hydrogens is 776 g/mol. The van der Waals surface area contributed by atoms with Gasteiger partial charge in [0.2, 0.25) is 0 Å². The predicted molar refractivity (Wildman–Crippen MR) is 266 cm³/mol. The third-order valence-corrected chi connectivity index (χ3v) is 15.2. The van der Waals surface area contributed by atoms with Gasteiger partial charge in [0.15, 0.2) is 0 Å². The van der Waals surface area contributed by atoms with Gasteiger partial charge in [-0.15, -0.1) is 11.3 Å². The molecule has 0 aliphatic carbocycles. The third-order valence-electron chi connectivity index (χ3n) is 14.0. The molecular formula is C56H47BN2O2S. The molecule has 4 aromatic heterocycles. The van der Waals surface area contributed by atoms with Crippen molar-refractivity contribution < 1.29 is 8.83 Å². The monoisotopic (exact) mass is 822 g/mol. The van der Waals surface area contributed by atoms with Crippen LogP contribution in [0.5, 0.6) is 0 Å². The Morgan fingerprint density at radius 3 is 1.92 bits per heavy atom. The van der Waals surface area contributed by atoms with Crippen molar-refractivity contribution >= 4 is 116 Å². The van der Waals surface area contributed by atoms with E-state index in [2.05, 4.69) is 193 Å². The summed E-state index contributed by atoms with van der Waals surface area (Å²) in [6.07, 6.45) is 0. The van der Waals surface area contributed by atoms with Gasteiger partial charge in [-0.05, 0) is 105 Å². The first-order chi connectivity index (χ1) is 29.6. The molecule has 2 aliphatic rings. The van der Waals surface area contributed by atoms with Crippen LogP contribution in [-0.2, 0) is 16.2 Å². The summed E-state index contributed by atoms with van der Waals surface area (Å²) in [5.74, 6) is 0. The maximum Gasteiger partial charge on any atom is 0.376 e. The van der Waals surface area contributed by atoms with Crippen molar-refractivity contribution in [3.8, 4) is 16.8 Å². The number of hydrogen-bond donors (Lipinski definition) is 0. The van der Waals surface area contributed by atoms with Crippen LogP contribution in [0.2, 0.25) is 0 Å². The highest BCUT2D eigenvalue weighted by Gasteiger charge is 2.49. The first-order valence-electron chi connectivity index (χ1n) is 22.0. The van der Waals surface area contributed by atoms with Crippen molar-refractivity contribution in [2.75, 3.05) is 4.81 Å². The highest BCUT2D eigenvalue weighted by molar-refractivity contribution is 7.25. The summed E-state index contributed by atoms with van der Waals surface area (Å²) in [5, 5.41) is 8.39. The lowest BCUT2D eigenvalue weighted by Crippen LogP contribution is -2.60. The van der Waals surface area contributed by atoms with Crippen molar-refractivity contribution in [3.63, 3.8) is 0 Å². The van der Waals surface area contributed by atoms with E-state index in [1.165, 1.54) is 86.3 Å². The average Bonchev–Trinajstić information content (AvgIpc) is 4.00. The summed E-state index contributed by atoms with van der Waals surface area (Å²) in [6, 6.07) is 45.8. The number of nitrogens with zero attached hydrogens (tertiary/aromatic N) is 2.